The summed E-state index contributed by atoms with van der Waals surface area (Å²) < 4.78 is 0. The average molecular weight is 394 g/mol. The number of carbonyl (C=O) groups excluding carboxylic acids is 1. The lowest BCUT2D eigenvalue weighted by Crippen LogP contribution is -2.31. The molecule has 154 valence electrons. The Bertz CT molecular complexity index is 888. The van der Waals surface area contributed by atoms with Crippen LogP contribution in [0.15, 0.2) is 36.4 Å². The van der Waals surface area contributed by atoms with Gasteiger partial charge in [-0.2, -0.15) is 0 Å². The Morgan fingerprint density at radius 1 is 1.03 bits per heavy atom. The maximum atomic E-state index is 12.0. The molecule has 0 spiro atoms. The second kappa shape index (κ2) is 8.10. The van der Waals surface area contributed by atoms with Gasteiger partial charge in [0.1, 0.15) is 11.5 Å². The predicted octanol–water partition coefficient (Wildman–Crippen LogP) is 4.73. The van der Waals surface area contributed by atoms with Gasteiger partial charge in [0.2, 0.25) is 5.91 Å². The molecule has 4 nitrogen and oxygen atoms in total. The van der Waals surface area contributed by atoms with Crippen LogP contribution >= 0.6 is 0 Å². The van der Waals surface area contributed by atoms with Gasteiger partial charge in [0.25, 0.3) is 0 Å². The molecule has 2 aromatic rings. The molecule has 0 radical (unpaired) electrons. The zero-order chi connectivity index (χ0) is 20.5. The van der Waals surface area contributed by atoms with Crippen molar-refractivity contribution >= 4 is 5.91 Å². The second-order valence-electron chi connectivity index (χ2n) is 8.92. The summed E-state index contributed by atoms with van der Waals surface area (Å²) in [4.78, 5) is 13.6. The van der Waals surface area contributed by atoms with E-state index in [9.17, 15) is 15.0 Å². The molecule has 3 atom stereocenters. The lowest BCUT2D eigenvalue weighted by atomic mass is 9.61. The first-order valence-corrected chi connectivity index (χ1v) is 10.8. The van der Waals surface area contributed by atoms with Gasteiger partial charge in [-0.3, -0.25) is 4.79 Å². The Balaban J connectivity index is 1.66. The molecule has 0 heterocycles. The molecule has 4 heteroatoms. The fraction of sp³-hybridized carbons (Fsp3) is 0.480. The van der Waals surface area contributed by atoms with Crippen molar-refractivity contribution in [3.05, 3.63) is 58.7 Å². The Morgan fingerprint density at radius 3 is 2.48 bits per heavy atom. The van der Waals surface area contributed by atoms with Crippen LogP contribution in [0.5, 0.6) is 11.5 Å². The molecular formula is C25H31NO3. The molecule has 0 saturated heterocycles. The van der Waals surface area contributed by atoms with Gasteiger partial charge in [0, 0.05) is 20.5 Å². The number of aryl methyl sites for hydroxylation is 1. The molecule has 2 aromatic carbocycles. The van der Waals surface area contributed by atoms with Crippen molar-refractivity contribution in [2.75, 3.05) is 14.1 Å². The second-order valence-corrected chi connectivity index (χ2v) is 8.92. The normalized spacial score (nSPS) is 23.2. The molecule has 3 unspecified atom stereocenters. The quantitative estimate of drug-likeness (QED) is 0.789. The van der Waals surface area contributed by atoms with E-state index in [1.807, 2.05) is 6.07 Å². The van der Waals surface area contributed by atoms with Gasteiger partial charge < -0.3 is 15.1 Å². The molecule has 0 aliphatic heterocycles. The van der Waals surface area contributed by atoms with Crippen LogP contribution in [-0.4, -0.2) is 35.1 Å². The number of phenols is 2. The highest BCUT2D eigenvalue weighted by Gasteiger charge is 2.39. The number of amides is 1. The van der Waals surface area contributed by atoms with Crippen LogP contribution < -0.4 is 0 Å². The molecule has 29 heavy (non-hydrogen) atoms. The van der Waals surface area contributed by atoms with Crippen LogP contribution in [0.25, 0.3) is 0 Å². The number of benzene rings is 2. The van der Waals surface area contributed by atoms with Crippen molar-refractivity contribution < 1.29 is 15.0 Å². The highest BCUT2D eigenvalue weighted by molar-refractivity contribution is 5.76. The largest absolute Gasteiger partial charge is 0.508 e. The third-order valence-electron chi connectivity index (χ3n) is 6.94. The van der Waals surface area contributed by atoms with E-state index in [1.54, 1.807) is 31.1 Å². The topological polar surface area (TPSA) is 60.8 Å². The van der Waals surface area contributed by atoms with Crippen LogP contribution in [0, 0.1) is 5.92 Å². The number of aromatic hydroxyl groups is 2. The van der Waals surface area contributed by atoms with Gasteiger partial charge in [-0.05, 0) is 83.9 Å². The van der Waals surface area contributed by atoms with E-state index in [1.165, 1.54) is 42.4 Å². The van der Waals surface area contributed by atoms with Gasteiger partial charge >= 0.3 is 0 Å². The molecule has 2 aliphatic rings. The molecule has 4 rings (SSSR count). The molecule has 0 aromatic heterocycles. The molecule has 2 aliphatic carbocycles. The van der Waals surface area contributed by atoms with Crippen molar-refractivity contribution in [2.45, 2.75) is 56.8 Å². The fourth-order valence-corrected chi connectivity index (χ4v) is 5.39. The van der Waals surface area contributed by atoms with Gasteiger partial charge in [0.05, 0.1) is 0 Å². The van der Waals surface area contributed by atoms with E-state index in [4.69, 9.17) is 0 Å². The van der Waals surface area contributed by atoms with Crippen molar-refractivity contribution in [1.82, 2.24) is 4.90 Å². The first kappa shape index (κ1) is 19.8. The summed E-state index contributed by atoms with van der Waals surface area (Å²) in [6.45, 7) is 0. The van der Waals surface area contributed by atoms with Crippen molar-refractivity contribution in [2.24, 2.45) is 5.92 Å². The lowest BCUT2D eigenvalue weighted by Gasteiger charge is -2.43. The number of nitrogens with zero attached hydrogens (tertiary/aromatic N) is 1. The molecule has 1 saturated carbocycles. The number of carbonyl (C=O) groups is 1. The standard InChI is InChI=1S/C25H31NO3/c1-26(2)25(29)12-9-17-13-18-14-22(16-7-10-19(27)11-8-16)20-5-3-4-6-21(20)23(18)15-24(17)28/h7-8,10-11,13,15,20-22,27-28H,3-6,9,12,14H2,1-2H3. The van der Waals surface area contributed by atoms with Crippen LogP contribution in [-0.2, 0) is 17.6 Å². The average Bonchev–Trinajstić information content (AvgIpc) is 2.72. The number of hydrogen-bond donors (Lipinski definition) is 2. The minimum absolute atomic E-state index is 0.0800. The first-order valence-electron chi connectivity index (χ1n) is 10.8. The Hall–Kier alpha value is -2.49. The minimum atomic E-state index is 0.0800. The molecule has 1 fully saturated rings. The zero-order valence-corrected chi connectivity index (χ0v) is 17.4. The van der Waals surface area contributed by atoms with E-state index < -0.39 is 0 Å². The maximum absolute atomic E-state index is 12.0. The Morgan fingerprint density at radius 2 is 1.76 bits per heavy atom. The van der Waals surface area contributed by atoms with E-state index >= 15 is 0 Å². The Labute approximate surface area is 173 Å². The molecule has 0 bridgehead atoms. The SMILES string of the molecule is CN(C)C(=O)CCc1cc2c(cc1O)C1CCCCC1C(c1ccc(O)cc1)C2. The van der Waals surface area contributed by atoms with E-state index in [0.29, 0.717) is 42.1 Å². The van der Waals surface area contributed by atoms with Crippen molar-refractivity contribution in [1.29, 1.82) is 0 Å². The minimum Gasteiger partial charge on any atom is -0.508 e. The van der Waals surface area contributed by atoms with Gasteiger partial charge in [0.15, 0.2) is 0 Å². The van der Waals surface area contributed by atoms with Gasteiger partial charge in [-0.25, -0.2) is 0 Å². The smallest absolute Gasteiger partial charge is 0.222 e. The summed E-state index contributed by atoms with van der Waals surface area (Å²) in [5.74, 6) is 2.23. The Kier molecular flexibility index (Phi) is 5.53. The zero-order valence-electron chi connectivity index (χ0n) is 17.4. The summed E-state index contributed by atoms with van der Waals surface area (Å²) in [5.41, 5.74) is 4.79. The van der Waals surface area contributed by atoms with Crippen LogP contribution in [0.1, 0.15) is 66.2 Å². The highest BCUT2D eigenvalue weighted by Crippen LogP contribution is 2.52. The third-order valence-corrected chi connectivity index (χ3v) is 6.94. The molecule has 1 amide bonds. The summed E-state index contributed by atoms with van der Waals surface area (Å²) >= 11 is 0. The highest BCUT2D eigenvalue weighted by atomic mass is 16.3. The molecule has 2 N–H and O–H groups in total. The number of fused-ring (bicyclic) bond motifs is 3. The van der Waals surface area contributed by atoms with Gasteiger partial charge in [-0.1, -0.05) is 31.0 Å². The number of rotatable bonds is 4. The van der Waals surface area contributed by atoms with E-state index in [0.717, 1.165) is 12.0 Å². The maximum Gasteiger partial charge on any atom is 0.222 e. The van der Waals surface area contributed by atoms with Crippen molar-refractivity contribution in [3.8, 4) is 11.5 Å². The summed E-state index contributed by atoms with van der Waals surface area (Å²) in [5, 5.41) is 20.4. The van der Waals surface area contributed by atoms with E-state index in [2.05, 4.69) is 18.2 Å². The predicted molar refractivity (Wildman–Crippen MR) is 114 cm³/mol. The fourth-order valence-electron chi connectivity index (χ4n) is 5.39. The summed E-state index contributed by atoms with van der Waals surface area (Å²) in [6.07, 6.45) is 6.82. The first-order chi connectivity index (χ1) is 13.9. The third kappa shape index (κ3) is 3.98. The van der Waals surface area contributed by atoms with Crippen molar-refractivity contribution in [3.63, 3.8) is 0 Å². The van der Waals surface area contributed by atoms with Crippen LogP contribution in [0.3, 0.4) is 0 Å². The number of phenolic OH excluding ortho intramolecular Hbond substituents is 2. The molecular weight excluding hydrogens is 362 g/mol. The monoisotopic (exact) mass is 393 g/mol. The number of hydrogen-bond acceptors (Lipinski definition) is 3. The van der Waals surface area contributed by atoms with E-state index in [-0.39, 0.29) is 5.91 Å². The van der Waals surface area contributed by atoms with Crippen LogP contribution in [0.4, 0.5) is 0 Å². The van der Waals surface area contributed by atoms with Crippen LogP contribution in [0.2, 0.25) is 0 Å². The summed E-state index contributed by atoms with van der Waals surface area (Å²) in [7, 11) is 3.53. The summed E-state index contributed by atoms with van der Waals surface area (Å²) in [6, 6.07) is 11.8. The van der Waals surface area contributed by atoms with Gasteiger partial charge in [-0.15, -0.1) is 0 Å². The lowest BCUT2D eigenvalue weighted by molar-refractivity contribution is -0.128.